The fourth-order valence-electron chi connectivity index (χ4n) is 8.03. The molecular weight excluding hydrogens is 621 g/mol. The van der Waals surface area contributed by atoms with Gasteiger partial charge in [0.2, 0.25) is 0 Å². The summed E-state index contributed by atoms with van der Waals surface area (Å²) in [5.41, 5.74) is 12.9. The fourth-order valence-corrected chi connectivity index (χ4v) is 8.03. The summed E-state index contributed by atoms with van der Waals surface area (Å²) in [4.78, 5) is 0. The van der Waals surface area contributed by atoms with Crippen molar-refractivity contribution < 1.29 is 9.15 Å². The van der Waals surface area contributed by atoms with Gasteiger partial charge in [0, 0.05) is 21.9 Å². The third-order valence-electron chi connectivity index (χ3n) is 10.4. The third-order valence-corrected chi connectivity index (χ3v) is 10.4. The minimum Gasteiger partial charge on any atom is -0.457 e. The van der Waals surface area contributed by atoms with E-state index in [1.54, 1.807) is 0 Å². The van der Waals surface area contributed by atoms with Crippen molar-refractivity contribution in [2.75, 3.05) is 0 Å². The summed E-state index contributed by atoms with van der Waals surface area (Å²) >= 11 is 0. The van der Waals surface area contributed by atoms with E-state index >= 15 is 0 Å². The molecule has 0 atom stereocenters. The molecule has 2 heteroatoms. The van der Waals surface area contributed by atoms with Crippen LogP contribution in [0.2, 0.25) is 0 Å². The molecule has 1 aliphatic heterocycles. The zero-order valence-corrected chi connectivity index (χ0v) is 27.8. The van der Waals surface area contributed by atoms with Gasteiger partial charge in [0.15, 0.2) is 0 Å². The zero-order chi connectivity index (χ0) is 33.8. The maximum absolute atomic E-state index is 6.75. The minimum absolute atomic E-state index is 0.524. The summed E-state index contributed by atoms with van der Waals surface area (Å²) in [6, 6.07) is 69.1. The first-order valence-electron chi connectivity index (χ1n) is 17.4. The second-order valence-corrected chi connectivity index (χ2v) is 13.3. The number of ether oxygens (including phenoxy) is 1. The van der Waals surface area contributed by atoms with Gasteiger partial charge in [-0.15, -0.1) is 0 Å². The Balaban J connectivity index is 1.03. The molecule has 0 aliphatic carbocycles. The van der Waals surface area contributed by atoms with E-state index in [0.29, 0.717) is 0 Å². The maximum Gasteiger partial charge on any atom is 0.136 e. The first kappa shape index (κ1) is 29.3. The van der Waals surface area contributed by atoms with Crippen molar-refractivity contribution in [1.29, 1.82) is 0 Å². The van der Waals surface area contributed by atoms with Gasteiger partial charge in [-0.05, 0) is 80.9 Å². The van der Waals surface area contributed by atoms with Crippen LogP contribution in [-0.2, 0) is 5.41 Å². The summed E-state index contributed by atoms with van der Waals surface area (Å²) < 4.78 is 12.9. The van der Waals surface area contributed by atoms with Gasteiger partial charge in [0.25, 0.3) is 0 Å². The Morgan fingerprint density at radius 1 is 0.314 bits per heavy atom. The smallest absolute Gasteiger partial charge is 0.136 e. The lowest BCUT2D eigenvalue weighted by atomic mass is 9.63. The van der Waals surface area contributed by atoms with E-state index in [1.807, 2.05) is 12.1 Å². The SMILES string of the molecule is c1ccc(C2(c3ccccc3)c3ccccc3Oc3cc(-c4cccc(-c5ccc(-c6ccc7c(c6)oc6ccccc67)cc5)c4)ccc32)cc1. The first-order valence-corrected chi connectivity index (χ1v) is 17.4. The number of fused-ring (bicyclic) bond motifs is 5. The predicted molar refractivity (Wildman–Crippen MR) is 208 cm³/mol. The Morgan fingerprint density at radius 3 is 1.59 bits per heavy atom. The number of hydrogen-bond acceptors (Lipinski definition) is 2. The Bertz CT molecular complexity index is 2660. The molecule has 240 valence electrons. The fraction of sp³-hybridized carbons (Fsp3) is 0.0204. The van der Waals surface area contributed by atoms with Crippen LogP contribution in [0.15, 0.2) is 199 Å². The van der Waals surface area contributed by atoms with E-state index in [0.717, 1.165) is 66.8 Å². The maximum atomic E-state index is 6.75. The minimum atomic E-state index is -0.524. The molecule has 0 unspecified atom stereocenters. The van der Waals surface area contributed by atoms with Gasteiger partial charge in [-0.3, -0.25) is 0 Å². The van der Waals surface area contributed by atoms with Crippen molar-refractivity contribution >= 4 is 21.9 Å². The van der Waals surface area contributed by atoms with Gasteiger partial charge in [0.1, 0.15) is 22.7 Å². The highest BCUT2D eigenvalue weighted by Gasteiger charge is 2.45. The lowest BCUT2D eigenvalue weighted by Crippen LogP contribution is -2.34. The molecule has 0 spiro atoms. The molecule has 0 saturated heterocycles. The van der Waals surface area contributed by atoms with E-state index in [-0.39, 0.29) is 0 Å². The lowest BCUT2D eigenvalue weighted by Gasteiger charge is -2.41. The van der Waals surface area contributed by atoms with E-state index in [9.17, 15) is 0 Å². The molecule has 0 bridgehead atoms. The van der Waals surface area contributed by atoms with Crippen molar-refractivity contribution in [1.82, 2.24) is 0 Å². The second kappa shape index (κ2) is 11.8. The molecular formula is C49H32O2. The number of furan rings is 1. The lowest BCUT2D eigenvalue weighted by molar-refractivity contribution is 0.435. The number of rotatable bonds is 5. The zero-order valence-electron chi connectivity index (χ0n) is 27.8. The number of para-hydroxylation sites is 2. The van der Waals surface area contributed by atoms with Gasteiger partial charge >= 0.3 is 0 Å². The van der Waals surface area contributed by atoms with Crippen molar-refractivity contribution in [2.24, 2.45) is 0 Å². The van der Waals surface area contributed by atoms with Crippen LogP contribution in [0.3, 0.4) is 0 Å². The van der Waals surface area contributed by atoms with Crippen LogP contribution < -0.4 is 4.74 Å². The number of hydrogen-bond donors (Lipinski definition) is 0. The summed E-state index contributed by atoms with van der Waals surface area (Å²) in [5.74, 6) is 1.75. The topological polar surface area (TPSA) is 22.4 Å². The Kier molecular flexibility index (Phi) is 6.75. The third kappa shape index (κ3) is 4.72. The van der Waals surface area contributed by atoms with Crippen LogP contribution in [0, 0.1) is 0 Å². The van der Waals surface area contributed by atoms with Crippen LogP contribution >= 0.6 is 0 Å². The Labute approximate surface area is 296 Å². The van der Waals surface area contributed by atoms with Gasteiger partial charge in [-0.1, -0.05) is 158 Å². The molecule has 8 aromatic carbocycles. The first-order chi connectivity index (χ1) is 25.3. The van der Waals surface area contributed by atoms with Crippen molar-refractivity contribution in [3.8, 4) is 44.9 Å². The highest BCUT2D eigenvalue weighted by Crippen LogP contribution is 2.55. The van der Waals surface area contributed by atoms with Gasteiger partial charge in [-0.25, -0.2) is 0 Å². The van der Waals surface area contributed by atoms with E-state index in [1.165, 1.54) is 22.3 Å². The second-order valence-electron chi connectivity index (χ2n) is 13.3. The average molecular weight is 653 g/mol. The van der Waals surface area contributed by atoms with Crippen molar-refractivity contribution in [2.45, 2.75) is 5.41 Å². The highest BCUT2D eigenvalue weighted by atomic mass is 16.5. The molecule has 10 rings (SSSR count). The van der Waals surface area contributed by atoms with Crippen LogP contribution in [0.25, 0.3) is 55.3 Å². The van der Waals surface area contributed by atoms with E-state index in [4.69, 9.17) is 9.15 Å². The summed E-state index contributed by atoms with van der Waals surface area (Å²) in [7, 11) is 0. The molecule has 0 saturated carbocycles. The van der Waals surface area contributed by atoms with Crippen LogP contribution in [-0.4, -0.2) is 0 Å². The average Bonchev–Trinajstić information content (AvgIpc) is 3.58. The molecule has 0 N–H and O–H groups in total. The number of benzene rings is 8. The molecule has 2 heterocycles. The molecule has 51 heavy (non-hydrogen) atoms. The molecule has 0 fully saturated rings. The van der Waals surface area contributed by atoms with Gasteiger partial charge in [0.05, 0.1) is 5.41 Å². The van der Waals surface area contributed by atoms with Crippen LogP contribution in [0.4, 0.5) is 0 Å². The van der Waals surface area contributed by atoms with E-state index in [2.05, 4.69) is 182 Å². The summed E-state index contributed by atoms with van der Waals surface area (Å²) in [6.45, 7) is 0. The Morgan fingerprint density at radius 2 is 0.843 bits per heavy atom. The standard InChI is InChI=1S/C49H32O2/c1-3-14-39(15-4-1)49(40-16-5-2-6-17-40)43-19-8-10-21-46(43)51-48-32-38(27-29-44(48)49)36-13-11-12-35(30-36)33-22-24-34(25-23-33)37-26-28-42-41-18-7-9-20-45(41)50-47(42)31-37/h1-32H. The molecule has 9 aromatic rings. The molecule has 1 aliphatic rings. The monoisotopic (exact) mass is 652 g/mol. The van der Waals surface area contributed by atoms with Crippen LogP contribution in [0.5, 0.6) is 11.5 Å². The molecule has 0 amide bonds. The Hall–Kier alpha value is -6.64. The van der Waals surface area contributed by atoms with Crippen LogP contribution in [0.1, 0.15) is 22.3 Å². The van der Waals surface area contributed by atoms with Crippen molar-refractivity contribution in [3.05, 3.63) is 216 Å². The highest BCUT2D eigenvalue weighted by molar-refractivity contribution is 6.05. The summed E-state index contributed by atoms with van der Waals surface area (Å²) in [6.07, 6.45) is 0. The molecule has 1 aromatic heterocycles. The quantitative estimate of drug-likeness (QED) is 0.185. The van der Waals surface area contributed by atoms with Crippen molar-refractivity contribution in [3.63, 3.8) is 0 Å². The largest absolute Gasteiger partial charge is 0.457 e. The normalized spacial score (nSPS) is 13.0. The predicted octanol–water partition coefficient (Wildman–Crippen LogP) is 13.1. The molecule has 0 radical (unpaired) electrons. The summed E-state index contributed by atoms with van der Waals surface area (Å²) in [5, 5.41) is 2.29. The van der Waals surface area contributed by atoms with Gasteiger partial charge in [-0.2, -0.15) is 0 Å². The van der Waals surface area contributed by atoms with E-state index < -0.39 is 5.41 Å². The van der Waals surface area contributed by atoms with Gasteiger partial charge < -0.3 is 9.15 Å². The molecule has 2 nitrogen and oxygen atoms in total.